The minimum atomic E-state index is -2.98. The summed E-state index contributed by atoms with van der Waals surface area (Å²) in [6.45, 7) is 2.36. The zero-order chi connectivity index (χ0) is 22.1. The quantitative estimate of drug-likeness (QED) is 0.476. The van der Waals surface area contributed by atoms with Gasteiger partial charge in [0.05, 0.1) is 6.61 Å². The lowest BCUT2D eigenvalue weighted by Crippen LogP contribution is -2.29. The molecule has 8 heteroatoms. The van der Waals surface area contributed by atoms with Crippen molar-refractivity contribution in [3.63, 3.8) is 0 Å². The average Bonchev–Trinajstić information content (AvgIpc) is 2.69. The molecular formula is C22H23F2NO5. The standard InChI is InChI=1S/C22H23F2NO5/c1-4-28-19-13-16(7-11-18(19)30-22(23)24)8-12-20(26)29-15(3)21(27)25-17-9-5-14(2)6-10-17/h5-13,15,22H,4H2,1-3H3,(H,25,27)/b12-8+/t15-/m1/s1. The van der Waals surface area contributed by atoms with E-state index in [1.807, 2.05) is 19.1 Å². The van der Waals surface area contributed by atoms with Gasteiger partial charge in [0, 0.05) is 11.8 Å². The molecule has 1 atom stereocenters. The van der Waals surface area contributed by atoms with Gasteiger partial charge < -0.3 is 19.5 Å². The molecular weight excluding hydrogens is 396 g/mol. The number of ether oxygens (including phenoxy) is 3. The largest absolute Gasteiger partial charge is 0.490 e. The fourth-order valence-electron chi connectivity index (χ4n) is 2.40. The third-order valence-corrected chi connectivity index (χ3v) is 3.88. The Morgan fingerprint density at radius 3 is 2.43 bits per heavy atom. The number of carbonyl (C=O) groups is 2. The molecule has 1 amide bonds. The summed E-state index contributed by atoms with van der Waals surface area (Å²) in [4.78, 5) is 24.2. The Kier molecular flexibility index (Phi) is 8.34. The third kappa shape index (κ3) is 7.20. The van der Waals surface area contributed by atoms with Crippen molar-refractivity contribution in [1.29, 1.82) is 0 Å². The van der Waals surface area contributed by atoms with Crippen molar-refractivity contribution in [3.8, 4) is 11.5 Å². The van der Waals surface area contributed by atoms with Crippen molar-refractivity contribution in [2.24, 2.45) is 0 Å². The zero-order valence-electron chi connectivity index (χ0n) is 16.9. The summed E-state index contributed by atoms with van der Waals surface area (Å²) in [7, 11) is 0. The number of esters is 1. The minimum Gasteiger partial charge on any atom is -0.490 e. The van der Waals surface area contributed by atoms with E-state index in [0.717, 1.165) is 11.6 Å². The molecule has 1 N–H and O–H groups in total. The molecule has 0 aromatic heterocycles. The lowest BCUT2D eigenvalue weighted by Gasteiger charge is -2.13. The van der Waals surface area contributed by atoms with E-state index in [1.54, 1.807) is 19.1 Å². The maximum Gasteiger partial charge on any atom is 0.387 e. The number of hydrogen-bond donors (Lipinski definition) is 1. The summed E-state index contributed by atoms with van der Waals surface area (Å²) in [6, 6.07) is 11.5. The van der Waals surface area contributed by atoms with E-state index in [4.69, 9.17) is 9.47 Å². The summed E-state index contributed by atoms with van der Waals surface area (Å²) in [5.74, 6) is -1.17. The lowest BCUT2D eigenvalue weighted by molar-refractivity contribution is -0.148. The third-order valence-electron chi connectivity index (χ3n) is 3.88. The van der Waals surface area contributed by atoms with E-state index in [1.165, 1.54) is 31.2 Å². The van der Waals surface area contributed by atoms with E-state index in [9.17, 15) is 18.4 Å². The van der Waals surface area contributed by atoms with Crippen LogP contribution in [0.3, 0.4) is 0 Å². The van der Waals surface area contributed by atoms with Crippen LogP contribution in [0.25, 0.3) is 6.08 Å². The maximum atomic E-state index is 12.5. The van der Waals surface area contributed by atoms with Crippen LogP contribution < -0.4 is 14.8 Å². The Bertz CT molecular complexity index is 897. The van der Waals surface area contributed by atoms with Crippen LogP contribution in [0.4, 0.5) is 14.5 Å². The summed E-state index contributed by atoms with van der Waals surface area (Å²) >= 11 is 0. The number of anilines is 1. The summed E-state index contributed by atoms with van der Waals surface area (Å²) < 4.78 is 39.7. The molecule has 0 bridgehead atoms. The molecule has 0 aliphatic carbocycles. The number of hydrogen-bond acceptors (Lipinski definition) is 5. The van der Waals surface area contributed by atoms with Gasteiger partial charge in [-0.1, -0.05) is 23.8 Å². The van der Waals surface area contributed by atoms with Crippen LogP contribution in [-0.2, 0) is 14.3 Å². The molecule has 0 spiro atoms. The first-order chi connectivity index (χ1) is 14.3. The van der Waals surface area contributed by atoms with E-state index in [0.29, 0.717) is 11.3 Å². The van der Waals surface area contributed by atoms with Gasteiger partial charge >= 0.3 is 12.6 Å². The first-order valence-electron chi connectivity index (χ1n) is 9.26. The first-order valence-corrected chi connectivity index (χ1v) is 9.26. The van der Waals surface area contributed by atoms with E-state index in [-0.39, 0.29) is 18.1 Å². The normalized spacial score (nSPS) is 11.9. The van der Waals surface area contributed by atoms with Crippen molar-refractivity contribution >= 4 is 23.6 Å². The molecule has 0 unspecified atom stereocenters. The second kappa shape index (κ2) is 10.9. The van der Waals surface area contributed by atoms with Crippen LogP contribution in [0.2, 0.25) is 0 Å². The molecule has 0 radical (unpaired) electrons. The maximum absolute atomic E-state index is 12.5. The summed E-state index contributed by atoms with van der Waals surface area (Å²) in [5, 5.41) is 2.66. The number of carbonyl (C=O) groups excluding carboxylic acids is 2. The zero-order valence-corrected chi connectivity index (χ0v) is 16.9. The van der Waals surface area contributed by atoms with Gasteiger partial charge in [-0.25, -0.2) is 4.79 Å². The van der Waals surface area contributed by atoms with Crippen molar-refractivity contribution in [2.45, 2.75) is 33.5 Å². The monoisotopic (exact) mass is 419 g/mol. The summed E-state index contributed by atoms with van der Waals surface area (Å²) in [5.41, 5.74) is 2.16. The topological polar surface area (TPSA) is 73.9 Å². The van der Waals surface area contributed by atoms with Crippen LogP contribution in [0.5, 0.6) is 11.5 Å². The number of rotatable bonds is 9. The van der Waals surface area contributed by atoms with Crippen molar-refractivity contribution in [1.82, 2.24) is 0 Å². The number of benzene rings is 2. The Morgan fingerprint density at radius 2 is 1.80 bits per heavy atom. The number of halogens is 2. The van der Waals surface area contributed by atoms with Crippen molar-refractivity contribution < 1.29 is 32.6 Å². The highest BCUT2D eigenvalue weighted by atomic mass is 19.3. The SMILES string of the molecule is CCOc1cc(/C=C/C(=O)O[C@H](C)C(=O)Nc2ccc(C)cc2)ccc1OC(F)F. The van der Waals surface area contributed by atoms with Crippen LogP contribution in [0, 0.1) is 6.92 Å². The van der Waals surface area contributed by atoms with Crippen LogP contribution in [0.15, 0.2) is 48.5 Å². The smallest absolute Gasteiger partial charge is 0.387 e. The first kappa shape index (κ1) is 22.9. The molecule has 160 valence electrons. The van der Waals surface area contributed by atoms with Crippen LogP contribution in [0.1, 0.15) is 25.0 Å². The highest BCUT2D eigenvalue weighted by Crippen LogP contribution is 2.30. The Labute approximate surface area is 173 Å². The Hall–Kier alpha value is -3.42. The molecule has 0 fully saturated rings. The fraction of sp³-hybridized carbons (Fsp3) is 0.273. The highest BCUT2D eigenvalue weighted by Gasteiger charge is 2.17. The van der Waals surface area contributed by atoms with Gasteiger partial charge in [0.25, 0.3) is 5.91 Å². The second-order valence-corrected chi connectivity index (χ2v) is 6.29. The van der Waals surface area contributed by atoms with Crippen LogP contribution in [-0.4, -0.2) is 31.2 Å². The van der Waals surface area contributed by atoms with Gasteiger partial charge in [-0.05, 0) is 56.7 Å². The van der Waals surface area contributed by atoms with E-state index in [2.05, 4.69) is 10.1 Å². The van der Waals surface area contributed by atoms with E-state index >= 15 is 0 Å². The van der Waals surface area contributed by atoms with Gasteiger partial charge in [0.2, 0.25) is 0 Å². The number of alkyl halides is 2. The van der Waals surface area contributed by atoms with Gasteiger partial charge in [-0.2, -0.15) is 8.78 Å². The van der Waals surface area contributed by atoms with Crippen LogP contribution >= 0.6 is 0 Å². The number of amides is 1. The van der Waals surface area contributed by atoms with Gasteiger partial charge in [0.1, 0.15) is 0 Å². The molecule has 0 heterocycles. The molecule has 0 aliphatic rings. The summed E-state index contributed by atoms with van der Waals surface area (Å²) in [6.07, 6.45) is 1.54. The van der Waals surface area contributed by atoms with Gasteiger partial charge in [-0.3, -0.25) is 4.79 Å². The van der Waals surface area contributed by atoms with Crippen molar-refractivity contribution in [3.05, 3.63) is 59.7 Å². The minimum absolute atomic E-state index is 0.104. The van der Waals surface area contributed by atoms with Gasteiger partial charge in [-0.15, -0.1) is 0 Å². The van der Waals surface area contributed by atoms with Gasteiger partial charge in [0.15, 0.2) is 17.6 Å². The molecule has 6 nitrogen and oxygen atoms in total. The Balaban J connectivity index is 1.96. The molecule has 2 aromatic carbocycles. The molecule has 30 heavy (non-hydrogen) atoms. The molecule has 2 aromatic rings. The predicted octanol–water partition coefficient (Wildman–Crippen LogP) is 4.58. The molecule has 0 aliphatic heterocycles. The lowest BCUT2D eigenvalue weighted by atomic mass is 10.2. The molecule has 0 saturated heterocycles. The number of nitrogens with one attached hydrogen (secondary N) is 1. The Morgan fingerprint density at radius 1 is 1.10 bits per heavy atom. The molecule has 0 saturated carbocycles. The molecule has 2 rings (SSSR count). The second-order valence-electron chi connectivity index (χ2n) is 6.29. The van der Waals surface area contributed by atoms with Crippen molar-refractivity contribution in [2.75, 3.05) is 11.9 Å². The fourth-order valence-corrected chi connectivity index (χ4v) is 2.40. The number of aryl methyl sites for hydroxylation is 1. The highest BCUT2D eigenvalue weighted by molar-refractivity contribution is 5.96. The average molecular weight is 419 g/mol. The van der Waals surface area contributed by atoms with E-state index < -0.39 is 24.6 Å². The predicted molar refractivity (Wildman–Crippen MR) is 109 cm³/mol.